The third kappa shape index (κ3) is 3.90. The van der Waals surface area contributed by atoms with Gasteiger partial charge in [0.15, 0.2) is 10.1 Å². The number of nitrogens with zero attached hydrogens (tertiary/aromatic N) is 3. The number of hydrogen-bond acceptors (Lipinski definition) is 7. The second-order valence-electron chi connectivity index (χ2n) is 3.51. The van der Waals surface area contributed by atoms with Crippen molar-refractivity contribution in [2.45, 2.75) is 11.3 Å². The van der Waals surface area contributed by atoms with Crippen LogP contribution in [0.4, 0.5) is 5.69 Å². The van der Waals surface area contributed by atoms with Crippen LogP contribution in [0.25, 0.3) is 0 Å². The van der Waals surface area contributed by atoms with Crippen LogP contribution in [0.3, 0.4) is 0 Å². The molecule has 8 heteroatoms. The maximum Gasteiger partial charge on any atom is 0.310 e. The molecule has 0 fully saturated rings. The first kappa shape index (κ1) is 13.8. The first-order chi connectivity index (χ1) is 9.16. The Morgan fingerprint density at radius 1 is 1.42 bits per heavy atom. The maximum atomic E-state index is 10.8. The second kappa shape index (κ2) is 6.48. The summed E-state index contributed by atoms with van der Waals surface area (Å²) in [5.41, 5.74) is -0.0146. The summed E-state index contributed by atoms with van der Waals surface area (Å²) in [6, 6.07) is 6.35. The largest absolute Gasteiger partial charge is 0.486 e. The molecule has 0 aliphatic rings. The number of aromatic nitrogens is 2. The van der Waals surface area contributed by atoms with Gasteiger partial charge in [-0.1, -0.05) is 35.2 Å². The third-order valence-electron chi connectivity index (χ3n) is 2.14. The van der Waals surface area contributed by atoms with Crippen LogP contribution in [0.1, 0.15) is 5.01 Å². The highest BCUT2D eigenvalue weighted by Crippen LogP contribution is 2.26. The number of rotatable bonds is 6. The molecular weight excluding hydrogens is 286 g/mol. The number of para-hydroxylation sites is 2. The van der Waals surface area contributed by atoms with Crippen molar-refractivity contribution in [2.75, 3.05) is 12.4 Å². The SMILES string of the molecule is Cc1nnc(SCCOc2ccccc2[N+](=O)[O-])s1. The number of nitro benzene ring substituents is 1. The van der Waals surface area contributed by atoms with Gasteiger partial charge in [0.1, 0.15) is 5.01 Å². The van der Waals surface area contributed by atoms with E-state index < -0.39 is 4.92 Å². The van der Waals surface area contributed by atoms with Crippen LogP contribution in [0, 0.1) is 17.0 Å². The molecule has 0 aliphatic carbocycles. The molecule has 0 radical (unpaired) electrons. The first-order valence-corrected chi connectivity index (χ1v) is 7.26. The zero-order valence-corrected chi connectivity index (χ0v) is 11.7. The van der Waals surface area contributed by atoms with Gasteiger partial charge in [-0.15, -0.1) is 10.2 Å². The zero-order valence-electron chi connectivity index (χ0n) is 10.1. The molecule has 6 nitrogen and oxygen atoms in total. The average Bonchev–Trinajstić information content (AvgIpc) is 2.81. The molecule has 0 atom stereocenters. The van der Waals surface area contributed by atoms with E-state index >= 15 is 0 Å². The smallest absolute Gasteiger partial charge is 0.310 e. The standard InChI is InChI=1S/C11H11N3O3S2/c1-8-12-13-11(19-8)18-7-6-17-10-5-3-2-4-9(10)14(15)16/h2-5H,6-7H2,1H3. The quantitative estimate of drug-likeness (QED) is 0.353. The fourth-order valence-electron chi connectivity index (χ4n) is 1.35. The summed E-state index contributed by atoms with van der Waals surface area (Å²) in [6.45, 7) is 2.28. The number of hydrogen-bond donors (Lipinski definition) is 0. The van der Waals surface area contributed by atoms with Crippen molar-refractivity contribution in [1.29, 1.82) is 0 Å². The summed E-state index contributed by atoms with van der Waals surface area (Å²) >= 11 is 3.04. The molecule has 2 aromatic rings. The van der Waals surface area contributed by atoms with Gasteiger partial charge in [-0.2, -0.15) is 0 Å². The highest BCUT2D eigenvalue weighted by atomic mass is 32.2. The van der Waals surface area contributed by atoms with E-state index in [4.69, 9.17) is 4.74 Å². The van der Waals surface area contributed by atoms with E-state index in [-0.39, 0.29) is 5.69 Å². The van der Waals surface area contributed by atoms with Gasteiger partial charge in [-0.3, -0.25) is 10.1 Å². The summed E-state index contributed by atoms with van der Waals surface area (Å²) in [5.74, 6) is 0.960. The molecule has 0 saturated carbocycles. The number of nitro groups is 1. The molecule has 0 spiro atoms. The van der Waals surface area contributed by atoms with Gasteiger partial charge >= 0.3 is 5.69 Å². The Balaban J connectivity index is 1.84. The summed E-state index contributed by atoms with van der Waals surface area (Å²) in [4.78, 5) is 10.3. The highest BCUT2D eigenvalue weighted by molar-refractivity contribution is 8.01. The summed E-state index contributed by atoms with van der Waals surface area (Å²) in [7, 11) is 0. The maximum absolute atomic E-state index is 10.8. The van der Waals surface area contributed by atoms with Gasteiger partial charge in [0.2, 0.25) is 0 Å². The van der Waals surface area contributed by atoms with E-state index in [1.54, 1.807) is 18.2 Å². The molecule has 0 amide bonds. The van der Waals surface area contributed by atoms with Crippen molar-refractivity contribution >= 4 is 28.8 Å². The second-order valence-corrected chi connectivity index (χ2v) is 6.03. The van der Waals surface area contributed by atoms with E-state index in [1.807, 2.05) is 6.92 Å². The lowest BCUT2D eigenvalue weighted by atomic mass is 10.3. The Morgan fingerprint density at radius 2 is 2.21 bits per heavy atom. The molecule has 100 valence electrons. The van der Waals surface area contributed by atoms with Crippen molar-refractivity contribution in [3.63, 3.8) is 0 Å². The van der Waals surface area contributed by atoms with E-state index in [0.29, 0.717) is 18.1 Å². The lowest BCUT2D eigenvalue weighted by Gasteiger charge is -2.05. The van der Waals surface area contributed by atoms with Crippen molar-refractivity contribution < 1.29 is 9.66 Å². The van der Waals surface area contributed by atoms with Gasteiger partial charge in [-0.25, -0.2) is 0 Å². The normalized spacial score (nSPS) is 10.4. The van der Waals surface area contributed by atoms with Gasteiger partial charge in [0.25, 0.3) is 0 Å². The predicted octanol–water partition coefficient (Wildman–Crippen LogP) is 2.93. The average molecular weight is 297 g/mol. The van der Waals surface area contributed by atoms with Crippen molar-refractivity contribution in [1.82, 2.24) is 10.2 Å². The molecule has 1 aromatic carbocycles. The van der Waals surface area contributed by atoms with E-state index in [9.17, 15) is 10.1 Å². The number of thioether (sulfide) groups is 1. The fraction of sp³-hybridized carbons (Fsp3) is 0.273. The number of aryl methyl sites for hydroxylation is 1. The highest BCUT2D eigenvalue weighted by Gasteiger charge is 2.13. The van der Waals surface area contributed by atoms with Gasteiger partial charge in [0.05, 0.1) is 11.5 Å². The van der Waals surface area contributed by atoms with Crippen molar-refractivity contribution in [2.24, 2.45) is 0 Å². The minimum Gasteiger partial charge on any atom is -0.486 e. The molecular formula is C11H11N3O3S2. The van der Waals surface area contributed by atoms with Crippen molar-refractivity contribution in [3.05, 3.63) is 39.4 Å². The van der Waals surface area contributed by atoms with E-state index in [2.05, 4.69) is 10.2 Å². The van der Waals surface area contributed by atoms with E-state index in [1.165, 1.54) is 29.2 Å². The Bertz CT molecular complexity index is 574. The Kier molecular flexibility index (Phi) is 4.69. The van der Waals surface area contributed by atoms with Crippen molar-refractivity contribution in [3.8, 4) is 5.75 Å². The van der Waals surface area contributed by atoms with Crippen LogP contribution in [0.5, 0.6) is 5.75 Å². The molecule has 1 aromatic heterocycles. The monoisotopic (exact) mass is 297 g/mol. The minimum absolute atomic E-state index is 0.0146. The van der Waals surface area contributed by atoms with Crippen LogP contribution in [-0.4, -0.2) is 27.5 Å². The molecule has 0 unspecified atom stereocenters. The Labute approximate surface area is 118 Å². The van der Waals surface area contributed by atoms with Gasteiger partial charge in [0, 0.05) is 11.8 Å². The summed E-state index contributed by atoms with van der Waals surface area (Å²) in [5, 5.41) is 19.6. The lowest BCUT2D eigenvalue weighted by Crippen LogP contribution is -2.02. The molecule has 2 rings (SSSR count). The molecule has 0 aliphatic heterocycles. The van der Waals surface area contributed by atoms with E-state index in [0.717, 1.165) is 9.35 Å². The van der Waals surface area contributed by atoms with Crippen LogP contribution < -0.4 is 4.74 Å². The molecule has 0 saturated heterocycles. The first-order valence-electron chi connectivity index (χ1n) is 5.46. The molecule has 0 bridgehead atoms. The molecule has 1 heterocycles. The van der Waals surface area contributed by atoms with Crippen LogP contribution in [0.15, 0.2) is 28.6 Å². The molecule has 19 heavy (non-hydrogen) atoms. The summed E-state index contributed by atoms with van der Waals surface area (Å²) < 4.78 is 6.30. The van der Waals surface area contributed by atoms with Crippen LogP contribution in [-0.2, 0) is 0 Å². The van der Waals surface area contributed by atoms with Crippen LogP contribution >= 0.6 is 23.1 Å². The Morgan fingerprint density at radius 3 is 2.89 bits per heavy atom. The number of benzene rings is 1. The summed E-state index contributed by atoms with van der Waals surface area (Å²) in [6.07, 6.45) is 0. The molecule has 0 N–H and O–H groups in total. The van der Waals surface area contributed by atoms with Gasteiger partial charge in [-0.05, 0) is 13.0 Å². The minimum atomic E-state index is -0.448. The predicted molar refractivity (Wildman–Crippen MR) is 74.0 cm³/mol. The fourth-order valence-corrected chi connectivity index (χ4v) is 3.05. The third-order valence-corrected chi connectivity index (χ3v) is 4.07. The topological polar surface area (TPSA) is 78.2 Å². The zero-order chi connectivity index (χ0) is 13.7. The Hall–Kier alpha value is -1.67. The number of ether oxygens (including phenoxy) is 1. The lowest BCUT2D eigenvalue weighted by molar-refractivity contribution is -0.385. The van der Waals surface area contributed by atoms with Crippen LogP contribution in [0.2, 0.25) is 0 Å². The van der Waals surface area contributed by atoms with Gasteiger partial charge < -0.3 is 4.74 Å².